The molecule has 4 nitrogen and oxygen atoms in total. The van der Waals surface area contributed by atoms with Crippen LogP contribution >= 0.6 is 0 Å². The maximum Gasteiger partial charge on any atom is 0.257 e. The van der Waals surface area contributed by atoms with Gasteiger partial charge in [0.2, 0.25) is 0 Å². The van der Waals surface area contributed by atoms with Crippen molar-refractivity contribution in [2.75, 3.05) is 26.2 Å². The molecule has 2 fully saturated rings. The zero-order valence-corrected chi connectivity index (χ0v) is 14.2. The van der Waals surface area contributed by atoms with E-state index in [0.29, 0.717) is 6.54 Å². The highest BCUT2D eigenvalue weighted by Gasteiger charge is 2.33. The molecule has 0 aliphatic carbocycles. The second-order valence-electron chi connectivity index (χ2n) is 6.89. The molecule has 2 aliphatic rings. The summed E-state index contributed by atoms with van der Waals surface area (Å²) in [5.74, 6) is -1.80. The van der Waals surface area contributed by atoms with Crippen LogP contribution < -0.4 is 0 Å². The Morgan fingerprint density at radius 3 is 2.62 bits per heavy atom. The van der Waals surface area contributed by atoms with Gasteiger partial charge < -0.3 is 9.64 Å². The van der Waals surface area contributed by atoms with Crippen molar-refractivity contribution in [2.24, 2.45) is 0 Å². The van der Waals surface area contributed by atoms with Gasteiger partial charge in [-0.2, -0.15) is 0 Å². The first-order valence-electron chi connectivity index (χ1n) is 8.58. The molecule has 1 aromatic rings. The van der Waals surface area contributed by atoms with E-state index >= 15 is 0 Å². The third-order valence-corrected chi connectivity index (χ3v) is 4.76. The molecule has 3 atom stereocenters. The average molecular weight is 338 g/mol. The highest BCUT2D eigenvalue weighted by molar-refractivity contribution is 5.94. The Hall–Kier alpha value is -1.53. The van der Waals surface area contributed by atoms with Crippen LogP contribution in [0.1, 0.15) is 37.0 Å². The van der Waals surface area contributed by atoms with Crippen molar-refractivity contribution in [3.8, 4) is 0 Å². The van der Waals surface area contributed by atoms with E-state index in [-0.39, 0.29) is 29.7 Å². The van der Waals surface area contributed by atoms with Gasteiger partial charge in [-0.15, -0.1) is 0 Å². The number of ether oxygens (including phenoxy) is 1. The van der Waals surface area contributed by atoms with E-state index in [1.165, 1.54) is 6.07 Å². The number of benzene rings is 1. The molecule has 1 amide bonds. The van der Waals surface area contributed by atoms with Gasteiger partial charge in [0.25, 0.3) is 5.91 Å². The zero-order chi connectivity index (χ0) is 17.3. The van der Waals surface area contributed by atoms with Crippen molar-refractivity contribution in [1.29, 1.82) is 0 Å². The van der Waals surface area contributed by atoms with E-state index in [4.69, 9.17) is 4.74 Å². The minimum absolute atomic E-state index is 0.0491. The topological polar surface area (TPSA) is 32.8 Å². The predicted molar refractivity (Wildman–Crippen MR) is 86.9 cm³/mol. The Labute approximate surface area is 141 Å². The van der Waals surface area contributed by atoms with Gasteiger partial charge in [-0.3, -0.25) is 9.69 Å². The van der Waals surface area contributed by atoms with E-state index in [1.807, 2.05) is 13.8 Å². The Balaban J connectivity index is 1.69. The molecule has 6 heteroatoms. The van der Waals surface area contributed by atoms with Crippen LogP contribution in [-0.2, 0) is 4.74 Å². The largest absolute Gasteiger partial charge is 0.373 e. The fourth-order valence-corrected chi connectivity index (χ4v) is 3.84. The monoisotopic (exact) mass is 338 g/mol. The number of nitrogens with zero attached hydrogens (tertiary/aromatic N) is 2. The van der Waals surface area contributed by atoms with Crippen molar-refractivity contribution in [3.05, 3.63) is 35.4 Å². The molecule has 2 saturated heterocycles. The van der Waals surface area contributed by atoms with Crippen molar-refractivity contribution >= 4 is 5.91 Å². The third-order valence-electron chi connectivity index (χ3n) is 4.76. The number of carbonyl (C=O) groups excluding carboxylic acids is 1. The van der Waals surface area contributed by atoms with Gasteiger partial charge in [0, 0.05) is 38.3 Å². The SMILES string of the molecule is C[C@@H]1CN(C[C@@H]2CCCN2C(=O)c2ccc(F)cc2F)C[C@@H](C)O1. The molecule has 0 radical (unpaired) electrons. The first kappa shape index (κ1) is 17.3. The molecular formula is C18H24F2N2O2. The normalized spacial score (nSPS) is 28.3. The van der Waals surface area contributed by atoms with Crippen molar-refractivity contribution in [2.45, 2.75) is 44.9 Å². The molecule has 1 aromatic carbocycles. The van der Waals surface area contributed by atoms with Crippen LogP contribution in [0.5, 0.6) is 0 Å². The summed E-state index contributed by atoms with van der Waals surface area (Å²) in [5.41, 5.74) is -0.0491. The Morgan fingerprint density at radius 1 is 1.25 bits per heavy atom. The van der Waals surface area contributed by atoms with Crippen LogP contribution in [0.4, 0.5) is 8.78 Å². The fourth-order valence-electron chi connectivity index (χ4n) is 3.84. The molecule has 0 N–H and O–H groups in total. The molecule has 132 valence electrons. The molecule has 2 heterocycles. The average Bonchev–Trinajstić information content (AvgIpc) is 2.93. The lowest BCUT2D eigenvalue weighted by molar-refractivity contribution is -0.0715. The van der Waals surface area contributed by atoms with Crippen LogP contribution in [0.3, 0.4) is 0 Å². The van der Waals surface area contributed by atoms with Gasteiger partial charge in [-0.05, 0) is 38.8 Å². The molecule has 0 bridgehead atoms. The molecule has 2 aliphatic heterocycles. The van der Waals surface area contributed by atoms with Gasteiger partial charge in [-0.1, -0.05) is 0 Å². The smallest absolute Gasteiger partial charge is 0.257 e. The maximum atomic E-state index is 13.9. The summed E-state index contributed by atoms with van der Waals surface area (Å²) in [6, 6.07) is 3.21. The van der Waals surface area contributed by atoms with E-state index in [1.54, 1.807) is 4.90 Å². The quantitative estimate of drug-likeness (QED) is 0.849. The summed E-state index contributed by atoms with van der Waals surface area (Å²) in [7, 11) is 0. The van der Waals surface area contributed by atoms with E-state index in [2.05, 4.69) is 4.90 Å². The number of rotatable bonds is 3. The third kappa shape index (κ3) is 3.75. The van der Waals surface area contributed by atoms with Crippen molar-refractivity contribution in [3.63, 3.8) is 0 Å². The van der Waals surface area contributed by atoms with Crippen molar-refractivity contribution in [1.82, 2.24) is 9.80 Å². The molecule has 24 heavy (non-hydrogen) atoms. The number of amides is 1. The first-order valence-corrected chi connectivity index (χ1v) is 8.58. The lowest BCUT2D eigenvalue weighted by atomic mass is 10.1. The lowest BCUT2D eigenvalue weighted by Gasteiger charge is -2.38. The fraction of sp³-hybridized carbons (Fsp3) is 0.611. The Morgan fingerprint density at radius 2 is 1.96 bits per heavy atom. The molecular weight excluding hydrogens is 314 g/mol. The van der Waals surface area contributed by atoms with Gasteiger partial charge in [0.1, 0.15) is 11.6 Å². The minimum Gasteiger partial charge on any atom is -0.373 e. The predicted octanol–water partition coefficient (Wildman–Crippen LogP) is 2.68. The lowest BCUT2D eigenvalue weighted by Crippen LogP contribution is -2.51. The van der Waals surface area contributed by atoms with Gasteiger partial charge >= 0.3 is 0 Å². The summed E-state index contributed by atoms with van der Waals surface area (Å²) >= 11 is 0. The number of carbonyl (C=O) groups is 1. The molecule has 0 saturated carbocycles. The molecule has 3 rings (SSSR count). The summed E-state index contributed by atoms with van der Waals surface area (Å²) < 4.78 is 32.7. The highest BCUT2D eigenvalue weighted by Crippen LogP contribution is 2.23. The second kappa shape index (κ2) is 7.15. The van der Waals surface area contributed by atoms with Crippen LogP contribution in [0.15, 0.2) is 18.2 Å². The van der Waals surface area contributed by atoms with Gasteiger partial charge in [0.15, 0.2) is 0 Å². The van der Waals surface area contributed by atoms with Crippen LogP contribution in [0.25, 0.3) is 0 Å². The summed E-state index contributed by atoms with van der Waals surface area (Å²) in [6.45, 7) is 7.17. The van der Waals surface area contributed by atoms with Gasteiger partial charge in [0.05, 0.1) is 17.8 Å². The zero-order valence-electron chi connectivity index (χ0n) is 14.2. The van der Waals surface area contributed by atoms with Gasteiger partial charge in [-0.25, -0.2) is 8.78 Å². The number of hydrogen-bond acceptors (Lipinski definition) is 3. The summed E-state index contributed by atoms with van der Waals surface area (Å²) in [5, 5.41) is 0. The Kier molecular flexibility index (Phi) is 5.15. The number of morpholine rings is 1. The molecule has 0 unspecified atom stereocenters. The second-order valence-corrected chi connectivity index (χ2v) is 6.89. The van der Waals surface area contributed by atoms with Crippen molar-refractivity contribution < 1.29 is 18.3 Å². The standard InChI is InChI=1S/C18H24F2N2O2/c1-12-9-21(10-13(2)24-12)11-15-4-3-7-22(15)18(23)16-6-5-14(19)8-17(16)20/h5-6,8,12-13,15H,3-4,7,9-11H2,1-2H3/t12-,13-,15+/m1/s1. The first-order chi connectivity index (χ1) is 11.4. The van der Waals surface area contributed by atoms with E-state index in [0.717, 1.165) is 44.6 Å². The van der Waals surface area contributed by atoms with Crippen LogP contribution in [0.2, 0.25) is 0 Å². The highest BCUT2D eigenvalue weighted by atomic mass is 19.1. The number of halogens is 2. The molecule has 0 aromatic heterocycles. The Bertz CT molecular complexity index is 601. The van der Waals surface area contributed by atoms with Crippen LogP contribution in [-0.4, -0.2) is 60.1 Å². The summed E-state index contributed by atoms with van der Waals surface area (Å²) in [4.78, 5) is 16.7. The maximum absolute atomic E-state index is 13.9. The minimum atomic E-state index is -0.792. The number of hydrogen-bond donors (Lipinski definition) is 0. The van der Waals surface area contributed by atoms with E-state index < -0.39 is 11.6 Å². The number of likely N-dealkylation sites (tertiary alicyclic amines) is 1. The van der Waals surface area contributed by atoms with Crippen LogP contribution in [0, 0.1) is 11.6 Å². The molecule has 0 spiro atoms. The van der Waals surface area contributed by atoms with E-state index in [9.17, 15) is 13.6 Å². The summed E-state index contributed by atoms with van der Waals surface area (Å²) in [6.07, 6.45) is 2.17.